The number of carbonyl (C=O) groups excluding carboxylic acids is 1. The van der Waals surface area contributed by atoms with E-state index >= 15 is 0 Å². The van der Waals surface area contributed by atoms with Crippen LogP contribution in [0, 0.1) is 13.8 Å². The van der Waals surface area contributed by atoms with E-state index in [2.05, 4.69) is 10.4 Å². The van der Waals surface area contributed by atoms with Crippen molar-refractivity contribution in [1.82, 2.24) is 15.1 Å². The third-order valence-corrected chi connectivity index (χ3v) is 2.71. The molecule has 1 rings (SSSR count). The quantitative estimate of drug-likeness (QED) is 0.807. The average Bonchev–Trinajstić information content (AvgIpc) is 2.45. The molecule has 6 heteroatoms. The standard InChI is InChI=1S/C12H22N4O2/c1-8-11(13)9(2)16(15-8)6-10(17)14-12(3,4)7-18-5/h6-7,13H2,1-5H3,(H,14,17). The SMILES string of the molecule is COCC(C)(C)NC(=O)Cn1nc(C)c(N)c1C. The molecule has 18 heavy (non-hydrogen) atoms. The van der Waals surface area contributed by atoms with E-state index in [9.17, 15) is 4.79 Å². The monoisotopic (exact) mass is 254 g/mol. The molecule has 0 aliphatic rings. The molecule has 6 nitrogen and oxygen atoms in total. The highest BCUT2D eigenvalue weighted by atomic mass is 16.5. The van der Waals surface area contributed by atoms with Crippen molar-refractivity contribution < 1.29 is 9.53 Å². The number of hydrogen-bond donors (Lipinski definition) is 2. The zero-order valence-electron chi connectivity index (χ0n) is 11.7. The Labute approximate surface area is 107 Å². The van der Waals surface area contributed by atoms with Crippen LogP contribution >= 0.6 is 0 Å². The van der Waals surface area contributed by atoms with E-state index < -0.39 is 5.54 Å². The number of carbonyl (C=O) groups is 1. The van der Waals surface area contributed by atoms with Crippen molar-refractivity contribution in [2.45, 2.75) is 39.8 Å². The van der Waals surface area contributed by atoms with Crippen LogP contribution in [-0.2, 0) is 16.1 Å². The Morgan fingerprint density at radius 1 is 1.50 bits per heavy atom. The summed E-state index contributed by atoms with van der Waals surface area (Å²) in [5.41, 5.74) is 7.62. The number of ether oxygens (including phenoxy) is 1. The molecule has 0 radical (unpaired) electrons. The van der Waals surface area contributed by atoms with E-state index in [1.165, 1.54) is 0 Å². The van der Waals surface area contributed by atoms with Crippen LogP contribution < -0.4 is 11.1 Å². The van der Waals surface area contributed by atoms with Crippen molar-refractivity contribution in [2.24, 2.45) is 0 Å². The van der Waals surface area contributed by atoms with E-state index in [0.717, 1.165) is 11.4 Å². The normalized spacial score (nSPS) is 11.6. The molecule has 1 aromatic rings. The van der Waals surface area contributed by atoms with Crippen LogP contribution in [0.1, 0.15) is 25.2 Å². The minimum absolute atomic E-state index is 0.109. The number of nitrogen functional groups attached to an aromatic ring is 1. The van der Waals surface area contributed by atoms with Crippen molar-refractivity contribution in [1.29, 1.82) is 0 Å². The smallest absolute Gasteiger partial charge is 0.242 e. The molecular weight excluding hydrogens is 232 g/mol. The van der Waals surface area contributed by atoms with Gasteiger partial charge >= 0.3 is 0 Å². The number of nitrogens with zero attached hydrogens (tertiary/aromatic N) is 2. The zero-order chi connectivity index (χ0) is 13.9. The van der Waals surface area contributed by atoms with Gasteiger partial charge in [-0.1, -0.05) is 0 Å². The maximum atomic E-state index is 11.9. The number of aryl methyl sites for hydroxylation is 1. The first-order chi connectivity index (χ1) is 8.26. The summed E-state index contributed by atoms with van der Waals surface area (Å²) in [6, 6.07) is 0. The van der Waals surface area contributed by atoms with Gasteiger partial charge in [-0.15, -0.1) is 0 Å². The molecule has 1 amide bonds. The molecule has 0 saturated carbocycles. The minimum Gasteiger partial charge on any atom is -0.396 e. The van der Waals surface area contributed by atoms with Gasteiger partial charge in [0.25, 0.3) is 0 Å². The van der Waals surface area contributed by atoms with Gasteiger partial charge in [-0.25, -0.2) is 0 Å². The first-order valence-corrected chi connectivity index (χ1v) is 5.86. The molecule has 0 spiro atoms. The number of methoxy groups -OCH3 is 1. The molecule has 0 aliphatic heterocycles. The van der Waals surface area contributed by atoms with Crippen molar-refractivity contribution in [3.05, 3.63) is 11.4 Å². The fraction of sp³-hybridized carbons (Fsp3) is 0.667. The van der Waals surface area contributed by atoms with Gasteiger partial charge in [0.2, 0.25) is 5.91 Å². The highest BCUT2D eigenvalue weighted by Gasteiger charge is 2.21. The molecule has 0 unspecified atom stereocenters. The van der Waals surface area contributed by atoms with Gasteiger partial charge in [0.1, 0.15) is 6.54 Å². The molecule has 0 atom stereocenters. The Hall–Kier alpha value is -1.56. The third kappa shape index (κ3) is 3.46. The van der Waals surface area contributed by atoms with Crippen molar-refractivity contribution >= 4 is 11.6 Å². The molecule has 3 N–H and O–H groups in total. The summed E-state index contributed by atoms with van der Waals surface area (Å²) >= 11 is 0. The van der Waals surface area contributed by atoms with Gasteiger partial charge < -0.3 is 15.8 Å². The Kier molecular flexibility index (Phi) is 4.34. The summed E-state index contributed by atoms with van der Waals surface area (Å²) in [6.45, 7) is 8.11. The van der Waals surface area contributed by atoms with E-state index in [1.807, 2.05) is 27.7 Å². The van der Waals surface area contributed by atoms with E-state index in [4.69, 9.17) is 10.5 Å². The lowest BCUT2D eigenvalue weighted by Gasteiger charge is -2.25. The lowest BCUT2D eigenvalue weighted by atomic mass is 10.1. The first-order valence-electron chi connectivity index (χ1n) is 5.86. The number of nitrogens with two attached hydrogens (primary N) is 1. The Balaban J connectivity index is 2.68. The highest BCUT2D eigenvalue weighted by molar-refractivity contribution is 5.76. The predicted molar refractivity (Wildman–Crippen MR) is 70.2 cm³/mol. The van der Waals surface area contributed by atoms with Crippen LogP contribution in [-0.4, -0.2) is 34.9 Å². The molecule has 0 aromatic carbocycles. The van der Waals surface area contributed by atoms with Gasteiger partial charge in [0.05, 0.1) is 29.2 Å². The lowest BCUT2D eigenvalue weighted by Crippen LogP contribution is -2.48. The van der Waals surface area contributed by atoms with E-state index in [0.29, 0.717) is 12.3 Å². The van der Waals surface area contributed by atoms with Gasteiger partial charge in [-0.2, -0.15) is 5.10 Å². The van der Waals surface area contributed by atoms with Crippen LogP contribution in [0.25, 0.3) is 0 Å². The minimum atomic E-state index is -0.395. The summed E-state index contributed by atoms with van der Waals surface area (Å²) in [5, 5.41) is 7.12. The Morgan fingerprint density at radius 2 is 2.11 bits per heavy atom. The van der Waals surface area contributed by atoms with Gasteiger partial charge in [0, 0.05) is 7.11 Å². The second kappa shape index (κ2) is 5.39. The molecule has 102 valence electrons. The number of amides is 1. The van der Waals surface area contributed by atoms with Gasteiger partial charge in [-0.05, 0) is 27.7 Å². The number of aromatic nitrogens is 2. The molecular formula is C12H22N4O2. The molecule has 1 aromatic heterocycles. The summed E-state index contributed by atoms with van der Waals surface area (Å²) < 4.78 is 6.66. The van der Waals surface area contributed by atoms with Crippen molar-refractivity contribution in [2.75, 3.05) is 19.5 Å². The lowest BCUT2D eigenvalue weighted by molar-refractivity contribution is -0.124. The largest absolute Gasteiger partial charge is 0.396 e. The highest BCUT2D eigenvalue weighted by Crippen LogP contribution is 2.14. The first kappa shape index (κ1) is 14.5. The summed E-state index contributed by atoms with van der Waals surface area (Å²) in [5.74, 6) is -0.109. The van der Waals surface area contributed by atoms with Crippen LogP contribution in [0.3, 0.4) is 0 Å². The maximum Gasteiger partial charge on any atom is 0.242 e. The Bertz CT molecular complexity index is 438. The zero-order valence-corrected chi connectivity index (χ0v) is 11.7. The number of rotatable bonds is 5. The number of anilines is 1. The van der Waals surface area contributed by atoms with Crippen molar-refractivity contribution in [3.63, 3.8) is 0 Å². The van der Waals surface area contributed by atoms with Crippen LogP contribution in [0.5, 0.6) is 0 Å². The van der Waals surface area contributed by atoms with E-state index in [-0.39, 0.29) is 12.5 Å². The average molecular weight is 254 g/mol. The third-order valence-electron chi connectivity index (χ3n) is 2.71. The van der Waals surface area contributed by atoms with Crippen molar-refractivity contribution in [3.8, 4) is 0 Å². The second-order valence-corrected chi connectivity index (χ2v) is 5.11. The van der Waals surface area contributed by atoms with Gasteiger partial charge in [-0.3, -0.25) is 9.48 Å². The fourth-order valence-corrected chi connectivity index (χ4v) is 1.81. The molecule has 0 saturated heterocycles. The van der Waals surface area contributed by atoms with Crippen LogP contribution in [0.15, 0.2) is 0 Å². The van der Waals surface area contributed by atoms with Crippen LogP contribution in [0.4, 0.5) is 5.69 Å². The molecule has 0 aliphatic carbocycles. The Morgan fingerprint density at radius 3 is 2.56 bits per heavy atom. The number of nitrogens with one attached hydrogen (secondary N) is 1. The molecule has 1 heterocycles. The van der Waals surface area contributed by atoms with Crippen LogP contribution in [0.2, 0.25) is 0 Å². The number of hydrogen-bond acceptors (Lipinski definition) is 4. The topological polar surface area (TPSA) is 82.2 Å². The summed E-state index contributed by atoms with van der Waals surface area (Å²) in [7, 11) is 1.61. The summed E-state index contributed by atoms with van der Waals surface area (Å²) in [6.07, 6.45) is 0. The van der Waals surface area contributed by atoms with E-state index in [1.54, 1.807) is 11.8 Å². The predicted octanol–water partition coefficient (Wildman–Crippen LogP) is 0.623. The molecule has 0 fully saturated rings. The second-order valence-electron chi connectivity index (χ2n) is 5.11. The fourth-order valence-electron chi connectivity index (χ4n) is 1.81. The maximum absolute atomic E-state index is 11.9. The molecule has 0 bridgehead atoms. The van der Waals surface area contributed by atoms with Gasteiger partial charge in [0.15, 0.2) is 0 Å². The summed E-state index contributed by atoms with van der Waals surface area (Å²) in [4.78, 5) is 11.9.